The number of para-hydroxylation sites is 1. The van der Waals surface area contributed by atoms with E-state index in [1.807, 2.05) is 89.6 Å². The molecule has 0 aliphatic heterocycles. The Morgan fingerprint density at radius 3 is 2.32 bits per heavy atom. The van der Waals surface area contributed by atoms with E-state index in [2.05, 4.69) is 5.32 Å². The van der Waals surface area contributed by atoms with Crippen LogP contribution in [0, 0.1) is 0 Å². The lowest BCUT2D eigenvalue weighted by molar-refractivity contribution is 0.125. The van der Waals surface area contributed by atoms with Crippen LogP contribution in [0.5, 0.6) is 28.7 Å². The third kappa shape index (κ3) is 6.54. The number of aromatic nitrogens is 3. The Balaban J connectivity index is 1.30. The summed E-state index contributed by atoms with van der Waals surface area (Å²) in [7, 11) is 3.29. The molecule has 10 heteroatoms. The minimum Gasteiger partial charge on any atom is -0.497 e. The first-order valence-corrected chi connectivity index (χ1v) is 14.7. The van der Waals surface area contributed by atoms with Crippen LogP contribution in [-0.2, 0) is 6.54 Å². The average molecular weight is 594 g/mol. The van der Waals surface area contributed by atoms with Gasteiger partial charge in [0.1, 0.15) is 34.1 Å². The summed E-state index contributed by atoms with van der Waals surface area (Å²) in [6.07, 6.45) is 4.04. The van der Waals surface area contributed by atoms with E-state index in [0.29, 0.717) is 35.3 Å². The maximum atomic E-state index is 11.5. The van der Waals surface area contributed by atoms with E-state index in [4.69, 9.17) is 24.3 Å². The van der Waals surface area contributed by atoms with Gasteiger partial charge >= 0.3 is 6.09 Å². The first-order valence-electron chi connectivity index (χ1n) is 14.7. The molecule has 2 aromatic heterocycles. The molecule has 5 aromatic rings. The molecular weight excluding hydrogens is 558 g/mol. The second-order valence-corrected chi connectivity index (χ2v) is 10.9. The van der Waals surface area contributed by atoms with Gasteiger partial charge in [-0.1, -0.05) is 36.4 Å². The van der Waals surface area contributed by atoms with E-state index in [9.17, 15) is 9.90 Å². The van der Waals surface area contributed by atoms with Crippen molar-refractivity contribution < 1.29 is 24.1 Å². The largest absolute Gasteiger partial charge is 0.497 e. The number of rotatable bonds is 10. The van der Waals surface area contributed by atoms with E-state index in [-0.39, 0.29) is 12.1 Å². The minimum absolute atomic E-state index is 0.0147. The van der Waals surface area contributed by atoms with Crippen LogP contribution in [0.4, 0.5) is 10.6 Å². The third-order valence-electron chi connectivity index (χ3n) is 7.99. The highest BCUT2D eigenvalue weighted by atomic mass is 16.5. The summed E-state index contributed by atoms with van der Waals surface area (Å²) in [6, 6.07) is 27.0. The summed E-state index contributed by atoms with van der Waals surface area (Å²) in [5.74, 6) is 4.12. The smallest absolute Gasteiger partial charge is 0.407 e. The van der Waals surface area contributed by atoms with Crippen molar-refractivity contribution in [1.82, 2.24) is 19.7 Å². The van der Waals surface area contributed by atoms with Crippen LogP contribution in [0.25, 0.3) is 11.0 Å². The fourth-order valence-electron chi connectivity index (χ4n) is 5.58. The molecule has 10 nitrogen and oxygen atoms in total. The van der Waals surface area contributed by atoms with Crippen LogP contribution in [0.15, 0.2) is 91.1 Å². The van der Waals surface area contributed by atoms with Gasteiger partial charge in [0.15, 0.2) is 11.5 Å². The summed E-state index contributed by atoms with van der Waals surface area (Å²) in [4.78, 5) is 17.6. The summed E-state index contributed by atoms with van der Waals surface area (Å²) in [5.41, 5.74) is 1.75. The Hall–Kier alpha value is -5.25. The molecule has 6 rings (SSSR count). The lowest BCUT2D eigenvalue weighted by Gasteiger charge is -2.33. The number of carbonyl (C=O) groups is 1. The van der Waals surface area contributed by atoms with Gasteiger partial charge in [-0.2, -0.15) is 5.10 Å². The van der Waals surface area contributed by atoms with Crippen molar-refractivity contribution in [2.24, 2.45) is 0 Å². The molecule has 2 N–H and O–H groups in total. The number of hydrogen-bond acceptors (Lipinski definition) is 7. The number of methoxy groups -OCH3 is 1. The molecule has 0 bridgehead atoms. The first-order chi connectivity index (χ1) is 21.5. The van der Waals surface area contributed by atoms with Crippen LogP contribution in [0.1, 0.15) is 31.2 Å². The van der Waals surface area contributed by atoms with Gasteiger partial charge < -0.3 is 29.5 Å². The zero-order chi connectivity index (χ0) is 30.5. The van der Waals surface area contributed by atoms with Crippen molar-refractivity contribution in [1.29, 1.82) is 0 Å². The van der Waals surface area contributed by atoms with E-state index in [0.717, 1.165) is 48.1 Å². The van der Waals surface area contributed by atoms with Crippen LogP contribution in [0.2, 0.25) is 0 Å². The summed E-state index contributed by atoms with van der Waals surface area (Å²) in [5, 5.41) is 18.8. The summed E-state index contributed by atoms with van der Waals surface area (Å²) >= 11 is 0. The fourth-order valence-corrected chi connectivity index (χ4v) is 5.58. The predicted octanol–water partition coefficient (Wildman–Crippen LogP) is 7.41. The molecule has 1 amide bonds. The highest BCUT2D eigenvalue weighted by molar-refractivity contribution is 5.93. The van der Waals surface area contributed by atoms with Crippen LogP contribution in [-0.4, -0.2) is 57.1 Å². The van der Waals surface area contributed by atoms with Gasteiger partial charge in [0, 0.05) is 37.5 Å². The third-order valence-corrected chi connectivity index (χ3v) is 7.99. The van der Waals surface area contributed by atoms with Gasteiger partial charge in [-0.3, -0.25) is 0 Å². The van der Waals surface area contributed by atoms with Crippen molar-refractivity contribution in [2.75, 3.05) is 19.5 Å². The fraction of sp³-hybridized carbons (Fsp3) is 0.265. The number of anilines is 1. The maximum absolute atomic E-state index is 11.5. The second kappa shape index (κ2) is 12.9. The molecule has 1 saturated carbocycles. The van der Waals surface area contributed by atoms with E-state index < -0.39 is 6.09 Å². The van der Waals surface area contributed by atoms with Crippen molar-refractivity contribution in [3.05, 3.63) is 96.7 Å². The molecule has 0 saturated heterocycles. The lowest BCUT2D eigenvalue weighted by Crippen LogP contribution is -2.40. The van der Waals surface area contributed by atoms with Gasteiger partial charge in [0.05, 0.1) is 13.7 Å². The Kier molecular flexibility index (Phi) is 8.49. The lowest BCUT2D eigenvalue weighted by atomic mass is 9.90. The molecule has 2 heterocycles. The number of pyridine rings is 1. The highest BCUT2D eigenvalue weighted by Gasteiger charge is 2.28. The molecule has 3 aromatic carbocycles. The molecule has 0 spiro atoms. The molecule has 1 fully saturated rings. The normalized spacial score (nSPS) is 16.3. The predicted molar refractivity (Wildman–Crippen MR) is 168 cm³/mol. The number of fused-ring (bicyclic) bond motifs is 1. The average Bonchev–Trinajstić information content (AvgIpc) is 3.39. The number of nitrogens with one attached hydrogen (secondary N) is 1. The maximum Gasteiger partial charge on any atom is 0.407 e. The van der Waals surface area contributed by atoms with Crippen molar-refractivity contribution in [3.8, 4) is 28.7 Å². The molecule has 226 valence electrons. The first kappa shape index (κ1) is 28.9. The zero-order valence-electron chi connectivity index (χ0n) is 24.7. The molecular formula is C34H35N5O5. The topological polar surface area (TPSA) is 111 Å². The molecule has 1 aliphatic rings. The number of nitrogens with zero attached hydrogens (tertiary/aromatic N) is 4. The molecule has 0 radical (unpaired) electrons. The highest BCUT2D eigenvalue weighted by Crippen LogP contribution is 2.37. The Morgan fingerprint density at radius 2 is 1.61 bits per heavy atom. The van der Waals surface area contributed by atoms with Gasteiger partial charge in [0.2, 0.25) is 0 Å². The van der Waals surface area contributed by atoms with Crippen molar-refractivity contribution in [3.63, 3.8) is 0 Å². The van der Waals surface area contributed by atoms with Crippen LogP contribution < -0.4 is 19.5 Å². The van der Waals surface area contributed by atoms with Crippen molar-refractivity contribution >= 4 is 22.9 Å². The monoisotopic (exact) mass is 593 g/mol. The van der Waals surface area contributed by atoms with E-state index >= 15 is 0 Å². The van der Waals surface area contributed by atoms with Gasteiger partial charge in [-0.05, 0) is 67.6 Å². The summed E-state index contributed by atoms with van der Waals surface area (Å²) < 4.78 is 19.7. The molecule has 1 aliphatic carbocycles. The second-order valence-electron chi connectivity index (χ2n) is 10.9. The molecule has 44 heavy (non-hydrogen) atoms. The SMILES string of the molecule is COc1ccc(Cn2nc(N[C@H]3CC[C@H](N(C)C(=O)O)CC3)c3c(Oc4cccc(Oc5ccccc5)c4)ccnc32)cc1. The van der Waals surface area contributed by atoms with Gasteiger partial charge in [-0.25, -0.2) is 14.5 Å². The van der Waals surface area contributed by atoms with Gasteiger partial charge in [0.25, 0.3) is 0 Å². The zero-order valence-corrected chi connectivity index (χ0v) is 24.7. The number of carboxylic acid groups (broad SMARTS) is 1. The van der Waals surface area contributed by atoms with E-state index in [1.165, 1.54) is 4.90 Å². The van der Waals surface area contributed by atoms with E-state index in [1.54, 1.807) is 20.4 Å². The Labute approximate surface area is 255 Å². The molecule has 0 unspecified atom stereocenters. The number of hydrogen-bond donors (Lipinski definition) is 2. The van der Waals surface area contributed by atoms with Crippen LogP contribution in [0.3, 0.4) is 0 Å². The number of amides is 1. The number of benzene rings is 3. The number of ether oxygens (including phenoxy) is 3. The Bertz CT molecular complexity index is 1720. The minimum atomic E-state index is -0.893. The molecule has 0 atom stereocenters. The quantitative estimate of drug-likeness (QED) is 0.172. The Morgan fingerprint density at radius 1 is 0.909 bits per heavy atom. The van der Waals surface area contributed by atoms with Crippen molar-refractivity contribution in [2.45, 2.75) is 44.3 Å². The van der Waals surface area contributed by atoms with Crippen LogP contribution >= 0.6 is 0 Å². The summed E-state index contributed by atoms with van der Waals surface area (Å²) in [6.45, 7) is 0.509. The standard InChI is InChI=1S/C34H35N5O5/c1-38(34(40)41)25-15-13-24(14-16-25)36-32-31-30(44-29-10-6-9-28(21-29)43-27-7-4-3-5-8-27)19-20-35-33(31)39(37-32)22-23-11-17-26(42-2)18-12-23/h3-12,17-21,24-25H,13-16,22H2,1-2H3,(H,36,37)(H,40,41)/t24-,25-. The van der Waals surface area contributed by atoms with Gasteiger partial charge in [-0.15, -0.1) is 0 Å².